The number of nitrogens with zero attached hydrogens (tertiary/aromatic N) is 2. The van der Waals surface area contributed by atoms with Gasteiger partial charge in [0, 0.05) is 11.1 Å². The normalized spacial score (nSPS) is 11.7. The summed E-state index contributed by atoms with van der Waals surface area (Å²) in [4.78, 5) is 4.54. The summed E-state index contributed by atoms with van der Waals surface area (Å²) in [5.74, 6) is 0. The van der Waals surface area contributed by atoms with E-state index in [9.17, 15) is 8.42 Å². The number of hydrogen-bond acceptors (Lipinski definition) is 4. The van der Waals surface area contributed by atoms with Crippen molar-refractivity contribution >= 4 is 26.6 Å². The first-order valence-corrected chi connectivity index (χ1v) is 7.85. The molecule has 2 N–H and O–H groups in total. The van der Waals surface area contributed by atoms with Crippen LogP contribution in [0.25, 0.3) is 10.9 Å². The number of fused-ring (bicyclic) bond motifs is 1. The highest BCUT2D eigenvalue weighted by Gasteiger charge is 2.19. The molecule has 0 aliphatic heterocycles. The zero-order chi connectivity index (χ0) is 15.0. The number of benzene rings is 1. The number of pyridine rings is 1. The maximum Gasteiger partial charge on any atom is 0.265 e. The Labute approximate surface area is 122 Å². The number of sulfonamides is 1. The van der Waals surface area contributed by atoms with E-state index in [2.05, 4.69) is 19.9 Å². The van der Waals surface area contributed by atoms with Crippen molar-refractivity contribution in [2.24, 2.45) is 0 Å². The molecule has 1 aromatic carbocycles. The molecule has 0 unspecified atom stereocenters. The summed E-state index contributed by atoms with van der Waals surface area (Å²) in [7, 11) is -3.69. The Kier molecular flexibility index (Phi) is 3.13. The molecule has 0 fully saturated rings. The Hall–Kier alpha value is -2.41. The fraction of sp³-hybridized carbons (Fsp3) is 0.143. The highest BCUT2D eigenvalue weighted by atomic mass is 32.2. The predicted octanol–water partition coefficient (Wildman–Crippen LogP) is 2.38. The maximum absolute atomic E-state index is 12.4. The lowest BCUT2D eigenvalue weighted by molar-refractivity contribution is 0.600. The summed E-state index contributed by atoms with van der Waals surface area (Å²) < 4.78 is 27.4. The molecule has 6 nitrogen and oxygen atoms in total. The average Bonchev–Trinajstić information content (AvgIpc) is 2.86. The van der Waals surface area contributed by atoms with Crippen LogP contribution in [-0.4, -0.2) is 23.6 Å². The first-order valence-electron chi connectivity index (χ1n) is 6.36. The third kappa shape index (κ3) is 2.47. The van der Waals surface area contributed by atoms with Gasteiger partial charge in [-0.1, -0.05) is 18.2 Å². The summed E-state index contributed by atoms with van der Waals surface area (Å²) in [6.07, 6.45) is 1.29. The number of anilines is 1. The van der Waals surface area contributed by atoms with E-state index in [1.165, 1.54) is 6.20 Å². The monoisotopic (exact) mass is 302 g/mol. The number of aromatic amines is 1. The van der Waals surface area contributed by atoms with Crippen LogP contribution in [0.5, 0.6) is 0 Å². The van der Waals surface area contributed by atoms with Crippen LogP contribution in [0.4, 0.5) is 5.69 Å². The highest BCUT2D eigenvalue weighted by Crippen LogP contribution is 2.25. The van der Waals surface area contributed by atoms with Gasteiger partial charge in [0.1, 0.15) is 4.90 Å². The molecule has 2 aromatic heterocycles. The second kappa shape index (κ2) is 4.85. The van der Waals surface area contributed by atoms with Gasteiger partial charge in [-0.15, -0.1) is 0 Å². The Bertz CT molecular complexity index is 916. The number of H-pyrrole nitrogens is 1. The van der Waals surface area contributed by atoms with E-state index in [4.69, 9.17) is 0 Å². The number of aryl methyl sites for hydroxylation is 2. The van der Waals surface area contributed by atoms with Gasteiger partial charge in [-0.05, 0) is 26.0 Å². The third-order valence-electron chi connectivity index (χ3n) is 3.18. The Morgan fingerprint density at radius 1 is 1.14 bits per heavy atom. The van der Waals surface area contributed by atoms with Crippen LogP contribution in [-0.2, 0) is 10.0 Å². The highest BCUT2D eigenvalue weighted by molar-refractivity contribution is 7.92. The molecule has 21 heavy (non-hydrogen) atoms. The van der Waals surface area contributed by atoms with E-state index in [1.807, 2.05) is 25.1 Å². The van der Waals surface area contributed by atoms with Gasteiger partial charge in [-0.3, -0.25) is 14.8 Å². The van der Waals surface area contributed by atoms with Crippen LogP contribution < -0.4 is 4.72 Å². The number of nitrogens with one attached hydrogen (secondary N) is 2. The smallest absolute Gasteiger partial charge is 0.265 e. The van der Waals surface area contributed by atoms with Crippen molar-refractivity contribution in [1.29, 1.82) is 0 Å². The Morgan fingerprint density at radius 3 is 2.67 bits per heavy atom. The molecule has 0 saturated carbocycles. The molecule has 0 spiro atoms. The van der Waals surface area contributed by atoms with E-state index in [0.717, 1.165) is 11.1 Å². The minimum Gasteiger partial charge on any atom is -0.281 e. The van der Waals surface area contributed by atoms with Gasteiger partial charge in [0.05, 0.1) is 23.1 Å². The van der Waals surface area contributed by atoms with Crippen molar-refractivity contribution in [3.8, 4) is 0 Å². The fourth-order valence-corrected chi connectivity index (χ4v) is 3.34. The molecule has 2 heterocycles. The summed E-state index contributed by atoms with van der Waals surface area (Å²) in [5.41, 5.74) is 2.40. The zero-order valence-corrected chi connectivity index (χ0v) is 12.4. The van der Waals surface area contributed by atoms with Crippen molar-refractivity contribution in [3.05, 3.63) is 47.9 Å². The molecule has 0 aliphatic rings. The zero-order valence-electron chi connectivity index (χ0n) is 11.6. The van der Waals surface area contributed by atoms with Crippen LogP contribution in [0.15, 0.2) is 41.4 Å². The van der Waals surface area contributed by atoms with Crippen molar-refractivity contribution in [2.75, 3.05) is 4.72 Å². The van der Waals surface area contributed by atoms with Crippen molar-refractivity contribution in [1.82, 2.24) is 15.2 Å². The first-order chi connectivity index (χ1) is 9.97. The van der Waals surface area contributed by atoms with E-state index in [-0.39, 0.29) is 4.90 Å². The summed E-state index contributed by atoms with van der Waals surface area (Å²) >= 11 is 0. The first kappa shape index (κ1) is 13.6. The molecule has 0 bridgehead atoms. The number of para-hydroxylation sites is 1. The van der Waals surface area contributed by atoms with Gasteiger partial charge in [0.2, 0.25) is 0 Å². The number of rotatable bonds is 3. The molecular formula is C14H14N4O2S. The SMILES string of the molecule is Cc1ccc2cccc(NS(=O)(=O)c3cn[nH]c3C)c2n1. The van der Waals surface area contributed by atoms with Crippen molar-refractivity contribution in [2.45, 2.75) is 18.7 Å². The summed E-state index contributed by atoms with van der Waals surface area (Å²) in [5, 5.41) is 7.25. The number of aromatic nitrogens is 3. The average molecular weight is 302 g/mol. The lowest BCUT2D eigenvalue weighted by atomic mass is 10.2. The fourth-order valence-electron chi connectivity index (χ4n) is 2.14. The summed E-state index contributed by atoms with van der Waals surface area (Å²) in [6.45, 7) is 3.53. The molecule has 0 saturated heterocycles. The summed E-state index contributed by atoms with van der Waals surface area (Å²) in [6, 6.07) is 9.18. The minimum atomic E-state index is -3.69. The van der Waals surface area contributed by atoms with E-state index in [0.29, 0.717) is 16.9 Å². The third-order valence-corrected chi connectivity index (χ3v) is 4.66. The lowest BCUT2D eigenvalue weighted by Gasteiger charge is -2.10. The quantitative estimate of drug-likeness (QED) is 0.777. The van der Waals surface area contributed by atoms with Crippen LogP contribution in [0, 0.1) is 13.8 Å². The molecule has 0 aliphatic carbocycles. The molecular weight excluding hydrogens is 288 g/mol. The second-order valence-corrected chi connectivity index (χ2v) is 6.45. The lowest BCUT2D eigenvalue weighted by Crippen LogP contribution is -2.14. The van der Waals surface area contributed by atoms with Gasteiger partial charge in [0.25, 0.3) is 10.0 Å². The standard InChI is InChI=1S/C14H14N4O2S/c1-9-6-7-11-4-3-5-12(14(11)16-9)18-21(19,20)13-8-15-17-10(13)2/h3-8,18H,1-2H3,(H,15,17). The molecule has 0 atom stereocenters. The topological polar surface area (TPSA) is 87.7 Å². The number of hydrogen-bond donors (Lipinski definition) is 2. The van der Waals surface area contributed by atoms with Crippen LogP contribution in [0.2, 0.25) is 0 Å². The molecule has 0 amide bonds. The van der Waals surface area contributed by atoms with Crippen molar-refractivity contribution in [3.63, 3.8) is 0 Å². The van der Waals surface area contributed by atoms with Crippen LogP contribution in [0.1, 0.15) is 11.4 Å². The molecule has 3 aromatic rings. The van der Waals surface area contributed by atoms with Gasteiger partial charge < -0.3 is 0 Å². The van der Waals surface area contributed by atoms with Crippen LogP contribution in [0.3, 0.4) is 0 Å². The van der Waals surface area contributed by atoms with Crippen molar-refractivity contribution < 1.29 is 8.42 Å². The largest absolute Gasteiger partial charge is 0.281 e. The molecule has 0 radical (unpaired) electrons. The van der Waals surface area contributed by atoms with E-state index >= 15 is 0 Å². The molecule has 3 rings (SSSR count). The van der Waals surface area contributed by atoms with Gasteiger partial charge in [-0.2, -0.15) is 5.10 Å². The van der Waals surface area contributed by atoms with Gasteiger partial charge in [0.15, 0.2) is 0 Å². The van der Waals surface area contributed by atoms with Gasteiger partial charge in [-0.25, -0.2) is 8.42 Å². The molecule has 7 heteroatoms. The van der Waals surface area contributed by atoms with E-state index < -0.39 is 10.0 Å². The van der Waals surface area contributed by atoms with Crippen LogP contribution >= 0.6 is 0 Å². The maximum atomic E-state index is 12.4. The Morgan fingerprint density at radius 2 is 1.95 bits per heavy atom. The Balaban J connectivity index is 2.10. The predicted molar refractivity (Wildman–Crippen MR) is 80.6 cm³/mol. The molecule has 108 valence electrons. The van der Waals surface area contributed by atoms with E-state index in [1.54, 1.807) is 19.1 Å². The van der Waals surface area contributed by atoms with Gasteiger partial charge >= 0.3 is 0 Å². The minimum absolute atomic E-state index is 0.132. The second-order valence-electron chi connectivity index (χ2n) is 4.79.